The molecule has 0 aliphatic heterocycles. The molecule has 0 aromatic heterocycles. The second-order valence-electron chi connectivity index (χ2n) is 4.03. The molecule has 0 fully saturated rings. The molecule has 0 amide bonds. The molecule has 1 aromatic carbocycles. The molecule has 4 heteroatoms. The Labute approximate surface area is 108 Å². The smallest absolute Gasteiger partial charge is 0.203 e. The average Bonchev–Trinajstić information content (AvgIpc) is 2.37. The largest absolute Gasteiger partial charge is 0.493 e. The van der Waals surface area contributed by atoms with Crippen LogP contribution in [-0.4, -0.2) is 27.1 Å². The molecule has 1 unspecified atom stereocenters. The quantitative estimate of drug-likeness (QED) is 0.793. The zero-order chi connectivity index (χ0) is 12.8. The third-order valence-corrected chi connectivity index (χ3v) is 3.24. The van der Waals surface area contributed by atoms with Crippen LogP contribution in [0.15, 0.2) is 12.1 Å². The summed E-state index contributed by atoms with van der Waals surface area (Å²) in [7, 11) is 4.86. The first-order valence-corrected chi connectivity index (χ1v) is 6.19. The molecule has 17 heavy (non-hydrogen) atoms. The standard InChI is InChI=1S/C13H20O3S/c1-9(8-17)5-10-6-11(14-2)13(16-4)12(7-10)15-3/h6-7,9,17H,5,8H2,1-4H3. The Morgan fingerprint density at radius 1 is 1.06 bits per heavy atom. The second kappa shape index (κ2) is 6.64. The number of hydrogen-bond donors (Lipinski definition) is 1. The van der Waals surface area contributed by atoms with E-state index in [-0.39, 0.29) is 0 Å². The van der Waals surface area contributed by atoms with Gasteiger partial charge in [-0.15, -0.1) is 0 Å². The minimum Gasteiger partial charge on any atom is -0.493 e. The maximum atomic E-state index is 5.31. The van der Waals surface area contributed by atoms with E-state index >= 15 is 0 Å². The molecular formula is C13H20O3S. The van der Waals surface area contributed by atoms with Crippen LogP contribution in [0.2, 0.25) is 0 Å². The van der Waals surface area contributed by atoms with Gasteiger partial charge in [0.1, 0.15) is 0 Å². The second-order valence-corrected chi connectivity index (χ2v) is 4.39. The van der Waals surface area contributed by atoms with Crippen molar-refractivity contribution in [2.24, 2.45) is 5.92 Å². The van der Waals surface area contributed by atoms with Gasteiger partial charge in [-0.2, -0.15) is 12.6 Å². The lowest BCUT2D eigenvalue weighted by Gasteiger charge is -2.15. The van der Waals surface area contributed by atoms with E-state index in [2.05, 4.69) is 19.6 Å². The van der Waals surface area contributed by atoms with Gasteiger partial charge in [-0.25, -0.2) is 0 Å². The van der Waals surface area contributed by atoms with Crippen LogP contribution in [0.25, 0.3) is 0 Å². The van der Waals surface area contributed by atoms with E-state index in [0.717, 1.165) is 12.2 Å². The van der Waals surface area contributed by atoms with Gasteiger partial charge in [-0.1, -0.05) is 6.92 Å². The van der Waals surface area contributed by atoms with E-state index in [0.29, 0.717) is 23.2 Å². The van der Waals surface area contributed by atoms with E-state index in [1.165, 1.54) is 5.56 Å². The van der Waals surface area contributed by atoms with Crippen molar-refractivity contribution in [3.05, 3.63) is 17.7 Å². The molecule has 0 radical (unpaired) electrons. The molecule has 0 saturated carbocycles. The van der Waals surface area contributed by atoms with Crippen molar-refractivity contribution in [3.8, 4) is 17.2 Å². The van der Waals surface area contributed by atoms with E-state index in [4.69, 9.17) is 14.2 Å². The minimum atomic E-state index is 0.515. The SMILES string of the molecule is COc1cc(CC(C)CS)cc(OC)c1OC. The van der Waals surface area contributed by atoms with E-state index in [1.807, 2.05) is 12.1 Å². The average molecular weight is 256 g/mol. The lowest BCUT2D eigenvalue weighted by Crippen LogP contribution is -2.03. The number of benzene rings is 1. The maximum absolute atomic E-state index is 5.31. The van der Waals surface area contributed by atoms with Gasteiger partial charge in [0.2, 0.25) is 5.75 Å². The molecular weight excluding hydrogens is 236 g/mol. The third kappa shape index (κ3) is 3.46. The molecule has 0 bridgehead atoms. The van der Waals surface area contributed by atoms with Gasteiger partial charge in [-0.05, 0) is 35.8 Å². The molecule has 0 aliphatic carbocycles. The molecule has 1 rings (SSSR count). The predicted molar refractivity (Wildman–Crippen MR) is 72.8 cm³/mol. The Hall–Kier alpha value is -1.03. The van der Waals surface area contributed by atoms with Gasteiger partial charge < -0.3 is 14.2 Å². The van der Waals surface area contributed by atoms with E-state index in [9.17, 15) is 0 Å². The Morgan fingerprint density at radius 2 is 1.59 bits per heavy atom. The summed E-state index contributed by atoms with van der Waals surface area (Å²) in [6.45, 7) is 2.16. The summed E-state index contributed by atoms with van der Waals surface area (Å²) in [6.07, 6.45) is 0.945. The summed E-state index contributed by atoms with van der Waals surface area (Å²) in [5.74, 6) is 3.41. The van der Waals surface area contributed by atoms with Gasteiger partial charge in [0.05, 0.1) is 21.3 Å². The molecule has 0 aliphatic rings. The lowest BCUT2D eigenvalue weighted by atomic mass is 10.0. The minimum absolute atomic E-state index is 0.515. The summed E-state index contributed by atoms with van der Waals surface area (Å²) in [5.41, 5.74) is 1.17. The number of ether oxygens (including phenoxy) is 3. The van der Waals surface area contributed by atoms with Crippen molar-refractivity contribution in [1.82, 2.24) is 0 Å². The van der Waals surface area contributed by atoms with Crippen molar-refractivity contribution in [1.29, 1.82) is 0 Å². The third-order valence-electron chi connectivity index (χ3n) is 2.62. The zero-order valence-electron chi connectivity index (χ0n) is 10.8. The predicted octanol–water partition coefficient (Wildman–Crippen LogP) is 2.82. The first-order valence-electron chi connectivity index (χ1n) is 5.56. The van der Waals surface area contributed by atoms with Crippen molar-refractivity contribution in [2.75, 3.05) is 27.1 Å². The Bertz CT molecular complexity index is 341. The zero-order valence-corrected chi connectivity index (χ0v) is 11.7. The van der Waals surface area contributed by atoms with Gasteiger partial charge in [-0.3, -0.25) is 0 Å². The molecule has 0 spiro atoms. The van der Waals surface area contributed by atoms with Crippen molar-refractivity contribution >= 4 is 12.6 Å². The highest BCUT2D eigenvalue weighted by atomic mass is 32.1. The Balaban J connectivity index is 3.08. The lowest BCUT2D eigenvalue weighted by molar-refractivity contribution is 0.323. The Kier molecular flexibility index (Phi) is 5.48. The van der Waals surface area contributed by atoms with Crippen molar-refractivity contribution in [2.45, 2.75) is 13.3 Å². The Morgan fingerprint density at radius 3 is 1.94 bits per heavy atom. The van der Waals surface area contributed by atoms with Crippen LogP contribution in [0.4, 0.5) is 0 Å². The summed E-state index contributed by atoms with van der Waals surface area (Å²) >= 11 is 4.29. The fourth-order valence-electron chi connectivity index (χ4n) is 1.72. The summed E-state index contributed by atoms with van der Waals surface area (Å²) in [6, 6.07) is 3.97. The fraction of sp³-hybridized carbons (Fsp3) is 0.538. The monoisotopic (exact) mass is 256 g/mol. The molecule has 0 heterocycles. The fourth-order valence-corrected chi connectivity index (χ4v) is 1.85. The van der Waals surface area contributed by atoms with Gasteiger partial charge in [0.15, 0.2) is 11.5 Å². The topological polar surface area (TPSA) is 27.7 Å². The highest BCUT2D eigenvalue weighted by molar-refractivity contribution is 7.80. The first-order chi connectivity index (χ1) is 8.15. The number of methoxy groups -OCH3 is 3. The van der Waals surface area contributed by atoms with Crippen LogP contribution < -0.4 is 14.2 Å². The van der Waals surface area contributed by atoms with Gasteiger partial charge >= 0.3 is 0 Å². The van der Waals surface area contributed by atoms with E-state index in [1.54, 1.807) is 21.3 Å². The van der Waals surface area contributed by atoms with Crippen LogP contribution in [0.3, 0.4) is 0 Å². The van der Waals surface area contributed by atoms with Crippen LogP contribution in [0, 0.1) is 5.92 Å². The number of hydrogen-bond acceptors (Lipinski definition) is 4. The highest BCUT2D eigenvalue weighted by Gasteiger charge is 2.14. The highest BCUT2D eigenvalue weighted by Crippen LogP contribution is 2.38. The summed E-state index contributed by atoms with van der Waals surface area (Å²) in [4.78, 5) is 0. The molecule has 0 N–H and O–H groups in total. The van der Waals surface area contributed by atoms with Crippen molar-refractivity contribution < 1.29 is 14.2 Å². The summed E-state index contributed by atoms with van der Waals surface area (Å²) < 4.78 is 15.9. The molecule has 96 valence electrons. The van der Waals surface area contributed by atoms with Crippen molar-refractivity contribution in [3.63, 3.8) is 0 Å². The molecule has 1 atom stereocenters. The molecule has 1 aromatic rings. The molecule has 3 nitrogen and oxygen atoms in total. The van der Waals surface area contributed by atoms with Gasteiger partial charge in [0.25, 0.3) is 0 Å². The van der Waals surface area contributed by atoms with Crippen LogP contribution in [0.5, 0.6) is 17.2 Å². The normalized spacial score (nSPS) is 12.1. The summed E-state index contributed by atoms with van der Waals surface area (Å²) in [5, 5.41) is 0. The maximum Gasteiger partial charge on any atom is 0.203 e. The number of rotatable bonds is 6. The van der Waals surface area contributed by atoms with Gasteiger partial charge in [0, 0.05) is 0 Å². The first kappa shape index (κ1) is 14.0. The van der Waals surface area contributed by atoms with Crippen LogP contribution >= 0.6 is 12.6 Å². The van der Waals surface area contributed by atoms with Crippen LogP contribution in [-0.2, 0) is 6.42 Å². The van der Waals surface area contributed by atoms with Crippen LogP contribution in [0.1, 0.15) is 12.5 Å². The number of thiol groups is 1. The molecule has 0 saturated heterocycles. The van der Waals surface area contributed by atoms with E-state index < -0.39 is 0 Å².